The molecule has 0 aliphatic rings. The third-order valence-corrected chi connectivity index (χ3v) is 4.25. The fraction of sp³-hybridized carbons (Fsp3) is 0.263. The SMILES string of the molecule is CC(C)c1nn(CC(=O)Nc2cc(F)[nH]c(=O)c2)c(=O)c2ccc(C(F)(F)F)cc12. The molecule has 1 amide bonds. The van der Waals surface area contributed by atoms with Crippen LogP contribution in [0.15, 0.2) is 39.9 Å². The molecule has 0 fully saturated rings. The number of benzene rings is 1. The van der Waals surface area contributed by atoms with Crippen LogP contribution in [0.2, 0.25) is 0 Å². The average Bonchev–Trinajstić information content (AvgIpc) is 2.61. The van der Waals surface area contributed by atoms with E-state index in [1.165, 1.54) is 0 Å². The van der Waals surface area contributed by atoms with Gasteiger partial charge in [-0.1, -0.05) is 13.8 Å². The third-order valence-electron chi connectivity index (χ3n) is 4.25. The van der Waals surface area contributed by atoms with Gasteiger partial charge in [0.1, 0.15) is 6.54 Å². The molecular weight excluding hydrogens is 408 g/mol. The minimum Gasteiger partial charge on any atom is -0.324 e. The summed E-state index contributed by atoms with van der Waals surface area (Å²) in [7, 11) is 0. The van der Waals surface area contributed by atoms with Crippen LogP contribution in [-0.2, 0) is 17.5 Å². The molecule has 0 saturated heterocycles. The highest BCUT2D eigenvalue weighted by Crippen LogP contribution is 2.32. The number of aromatic amines is 1. The summed E-state index contributed by atoms with van der Waals surface area (Å²) in [6.45, 7) is 2.80. The van der Waals surface area contributed by atoms with Gasteiger partial charge in [0.25, 0.3) is 11.1 Å². The van der Waals surface area contributed by atoms with Crippen molar-refractivity contribution >= 4 is 22.4 Å². The van der Waals surface area contributed by atoms with E-state index in [2.05, 4.69) is 10.4 Å². The van der Waals surface area contributed by atoms with Gasteiger partial charge in [-0.25, -0.2) is 4.68 Å². The van der Waals surface area contributed by atoms with Crippen LogP contribution < -0.4 is 16.4 Å². The summed E-state index contributed by atoms with van der Waals surface area (Å²) in [5, 5.41) is 6.39. The number of pyridine rings is 1. The number of H-pyrrole nitrogens is 1. The minimum atomic E-state index is -4.58. The predicted octanol–water partition coefficient (Wildman–Crippen LogP) is 3.00. The molecule has 30 heavy (non-hydrogen) atoms. The molecule has 11 heteroatoms. The van der Waals surface area contributed by atoms with Gasteiger partial charge in [-0.15, -0.1) is 0 Å². The predicted molar refractivity (Wildman–Crippen MR) is 101 cm³/mol. The molecule has 0 unspecified atom stereocenters. The maximum absolute atomic E-state index is 13.2. The molecule has 0 bridgehead atoms. The zero-order valence-corrected chi connectivity index (χ0v) is 15.8. The van der Waals surface area contributed by atoms with E-state index >= 15 is 0 Å². The van der Waals surface area contributed by atoms with Gasteiger partial charge in [0.05, 0.1) is 22.3 Å². The van der Waals surface area contributed by atoms with Crippen molar-refractivity contribution in [3.8, 4) is 0 Å². The lowest BCUT2D eigenvalue weighted by Crippen LogP contribution is -2.31. The quantitative estimate of drug-likeness (QED) is 0.497. The number of amides is 1. The first-order valence-electron chi connectivity index (χ1n) is 8.77. The first kappa shape index (κ1) is 21.2. The van der Waals surface area contributed by atoms with E-state index in [0.29, 0.717) is 0 Å². The molecule has 0 spiro atoms. The molecule has 7 nitrogen and oxygen atoms in total. The Morgan fingerprint density at radius 1 is 1.17 bits per heavy atom. The molecule has 158 valence electrons. The standard InChI is InChI=1S/C19H16F4N4O3/c1-9(2)17-13-5-10(19(21,22)23)3-4-12(13)18(30)27(26-17)8-16(29)24-11-6-14(20)25-15(28)7-11/h3-7,9H,8H2,1-2H3,(H2,24,25,28,29). The van der Waals surface area contributed by atoms with Crippen molar-refractivity contribution in [2.24, 2.45) is 0 Å². The second-order valence-corrected chi connectivity index (χ2v) is 6.89. The number of hydrogen-bond donors (Lipinski definition) is 2. The van der Waals surface area contributed by atoms with E-state index in [0.717, 1.165) is 35.0 Å². The molecule has 2 heterocycles. The Morgan fingerprint density at radius 2 is 1.87 bits per heavy atom. The van der Waals surface area contributed by atoms with Gasteiger partial charge >= 0.3 is 6.18 Å². The number of rotatable bonds is 4. The summed E-state index contributed by atoms with van der Waals surface area (Å²) in [5.74, 6) is -2.07. The fourth-order valence-electron chi connectivity index (χ4n) is 2.94. The lowest BCUT2D eigenvalue weighted by Gasteiger charge is -2.15. The summed E-state index contributed by atoms with van der Waals surface area (Å²) in [6.07, 6.45) is -4.58. The molecule has 0 radical (unpaired) electrons. The highest BCUT2D eigenvalue weighted by atomic mass is 19.4. The number of halogens is 4. The van der Waals surface area contributed by atoms with E-state index < -0.39 is 41.3 Å². The molecule has 0 aliphatic carbocycles. The van der Waals surface area contributed by atoms with E-state index in [4.69, 9.17) is 0 Å². The van der Waals surface area contributed by atoms with Gasteiger partial charge in [-0.05, 0) is 24.1 Å². The monoisotopic (exact) mass is 424 g/mol. The Labute approximate surface area is 166 Å². The van der Waals surface area contributed by atoms with Crippen molar-refractivity contribution in [3.63, 3.8) is 0 Å². The Bertz CT molecular complexity index is 1250. The van der Waals surface area contributed by atoms with Crippen molar-refractivity contribution in [2.45, 2.75) is 32.5 Å². The van der Waals surface area contributed by atoms with Gasteiger partial charge in [-0.2, -0.15) is 22.7 Å². The van der Waals surface area contributed by atoms with E-state index in [9.17, 15) is 31.9 Å². The van der Waals surface area contributed by atoms with E-state index in [1.54, 1.807) is 13.8 Å². The second-order valence-electron chi connectivity index (χ2n) is 6.89. The van der Waals surface area contributed by atoms with E-state index in [-0.39, 0.29) is 28.1 Å². The van der Waals surface area contributed by atoms with Crippen LogP contribution in [-0.4, -0.2) is 20.7 Å². The summed E-state index contributed by atoms with van der Waals surface area (Å²) in [6, 6.07) is 4.54. The minimum absolute atomic E-state index is 0.0169. The topological polar surface area (TPSA) is 96.8 Å². The highest BCUT2D eigenvalue weighted by molar-refractivity contribution is 5.91. The number of carbonyl (C=O) groups is 1. The van der Waals surface area contributed by atoms with Crippen molar-refractivity contribution in [1.82, 2.24) is 14.8 Å². The van der Waals surface area contributed by atoms with Gasteiger partial charge < -0.3 is 5.32 Å². The molecule has 3 aromatic rings. The molecule has 0 aliphatic heterocycles. The van der Waals surface area contributed by atoms with Crippen molar-refractivity contribution < 1.29 is 22.4 Å². The number of carbonyl (C=O) groups excluding carboxylic acids is 1. The van der Waals surface area contributed by atoms with Crippen molar-refractivity contribution in [3.05, 3.63) is 68.2 Å². The Morgan fingerprint density at radius 3 is 2.47 bits per heavy atom. The number of aromatic nitrogens is 3. The van der Waals surface area contributed by atoms with Crippen LogP contribution in [0, 0.1) is 5.95 Å². The number of nitrogens with zero attached hydrogens (tertiary/aromatic N) is 2. The summed E-state index contributed by atoms with van der Waals surface area (Å²) in [5.41, 5.74) is -2.34. The molecular formula is C19H16F4N4O3. The molecule has 2 N–H and O–H groups in total. The van der Waals surface area contributed by atoms with Crippen LogP contribution in [0.4, 0.5) is 23.2 Å². The van der Waals surface area contributed by atoms with Crippen LogP contribution in [0.25, 0.3) is 10.8 Å². The zero-order chi connectivity index (χ0) is 22.2. The zero-order valence-electron chi connectivity index (χ0n) is 15.8. The van der Waals surface area contributed by atoms with E-state index in [1.807, 2.05) is 4.98 Å². The van der Waals surface area contributed by atoms with Crippen LogP contribution in [0.5, 0.6) is 0 Å². The van der Waals surface area contributed by atoms with Gasteiger partial charge in [0, 0.05) is 17.5 Å². The van der Waals surface area contributed by atoms with Crippen LogP contribution in [0.3, 0.4) is 0 Å². The molecule has 3 rings (SSSR count). The Hall–Kier alpha value is -3.50. The highest BCUT2D eigenvalue weighted by Gasteiger charge is 2.31. The normalized spacial score (nSPS) is 11.8. The number of hydrogen-bond acceptors (Lipinski definition) is 4. The molecule has 0 atom stereocenters. The first-order chi connectivity index (χ1) is 14.0. The summed E-state index contributed by atoms with van der Waals surface area (Å²) >= 11 is 0. The van der Waals surface area contributed by atoms with Crippen molar-refractivity contribution in [1.29, 1.82) is 0 Å². The second kappa shape index (κ2) is 7.73. The Kier molecular flexibility index (Phi) is 5.47. The fourth-order valence-corrected chi connectivity index (χ4v) is 2.94. The summed E-state index contributed by atoms with van der Waals surface area (Å²) < 4.78 is 53.2. The van der Waals surface area contributed by atoms with Crippen molar-refractivity contribution in [2.75, 3.05) is 5.32 Å². The van der Waals surface area contributed by atoms with Gasteiger partial charge in [-0.3, -0.25) is 19.4 Å². The smallest absolute Gasteiger partial charge is 0.324 e. The molecule has 2 aromatic heterocycles. The average molecular weight is 424 g/mol. The number of alkyl halides is 3. The lowest BCUT2D eigenvalue weighted by atomic mass is 10.0. The number of nitrogens with one attached hydrogen (secondary N) is 2. The summed E-state index contributed by atoms with van der Waals surface area (Å²) in [4.78, 5) is 38.1. The van der Waals surface area contributed by atoms with Gasteiger partial charge in [0.15, 0.2) is 5.95 Å². The van der Waals surface area contributed by atoms with Gasteiger partial charge in [0.2, 0.25) is 5.91 Å². The maximum atomic E-state index is 13.2. The van der Waals surface area contributed by atoms with Crippen LogP contribution in [0.1, 0.15) is 31.0 Å². The first-order valence-corrected chi connectivity index (χ1v) is 8.77. The maximum Gasteiger partial charge on any atom is 0.416 e. The van der Waals surface area contributed by atoms with Crippen LogP contribution >= 0.6 is 0 Å². The molecule has 0 saturated carbocycles. The third kappa shape index (κ3) is 4.39. The molecule has 1 aromatic carbocycles. The lowest BCUT2D eigenvalue weighted by molar-refractivity contribution is -0.137. The number of anilines is 1. The Balaban J connectivity index is 2.02. The number of fused-ring (bicyclic) bond motifs is 1. The largest absolute Gasteiger partial charge is 0.416 e.